The van der Waals surface area contributed by atoms with Gasteiger partial charge in [0.25, 0.3) is 0 Å². The molecular formula is C16H12Cl2N2O2S. The average Bonchev–Trinajstić information content (AvgIpc) is 3.02. The van der Waals surface area contributed by atoms with E-state index < -0.39 is 5.97 Å². The predicted octanol–water partition coefficient (Wildman–Crippen LogP) is 5.22. The zero-order valence-electron chi connectivity index (χ0n) is 12.3. The molecule has 0 radical (unpaired) electrons. The van der Waals surface area contributed by atoms with Gasteiger partial charge in [-0.1, -0.05) is 23.2 Å². The number of hydrogen-bond acceptors (Lipinski definition) is 3. The lowest BCUT2D eigenvalue weighted by Crippen LogP contribution is -2.02. The molecule has 0 unspecified atom stereocenters. The molecule has 0 spiro atoms. The Bertz CT molecular complexity index is 915. The van der Waals surface area contributed by atoms with Gasteiger partial charge in [-0.05, 0) is 44.2 Å². The number of halogens is 2. The number of carbonyl (C=O) groups is 1. The second kappa shape index (κ2) is 6.00. The summed E-state index contributed by atoms with van der Waals surface area (Å²) in [6, 6.07) is 8.98. The van der Waals surface area contributed by atoms with E-state index in [4.69, 9.17) is 23.2 Å². The summed E-state index contributed by atoms with van der Waals surface area (Å²) < 4.78 is 1.57. The molecule has 0 fully saturated rings. The molecule has 0 aliphatic rings. The molecule has 118 valence electrons. The number of nitrogens with zero attached hydrogens (tertiary/aromatic N) is 2. The molecule has 1 aromatic carbocycles. The number of carboxylic acids is 1. The van der Waals surface area contributed by atoms with Crippen molar-refractivity contribution < 1.29 is 9.90 Å². The van der Waals surface area contributed by atoms with Crippen LogP contribution in [0.2, 0.25) is 10.0 Å². The fourth-order valence-corrected chi connectivity index (χ4v) is 3.82. The van der Waals surface area contributed by atoms with E-state index in [1.54, 1.807) is 41.1 Å². The molecule has 0 atom stereocenters. The van der Waals surface area contributed by atoms with Crippen molar-refractivity contribution in [1.29, 1.82) is 0 Å². The van der Waals surface area contributed by atoms with Crippen LogP contribution in [0.15, 0.2) is 30.3 Å². The summed E-state index contributed by atoms with van der Waals surface area (Å²) in [5.74, 6) is -1.07. The summed E-state index contributed by atoms with van der Waals surface area (Å²) >= 11 is 13.8. The summed E-state index contributed by atoms with van der Waals surface area (Å²) in [6.07, 6.45) is 0. The second-order valence-electron chi connectivity index (χ2n) is 5.05. The van der Waals surface area contributed by atoms with Crippen LogP contribution in [-0.2, 0) is 0 Å². The van der Waals surface area contributed by atoms with E-state index in [-0.39, 0.29) is 5.69 Å². The van der Waals surface area contributed by atoms with Gasteiger partial charge in [0.1, 0.15) is 0 Å². The lowest BCUT2D eigenvalue weighted by molar-refractivity contribution is 0.0689. The molecule has 0 aliphatic heterocycles. The van der Waals surface area contributed by atoms with E-state index in [0.717, 1.165) is 15.4 Å². The number of benzene rings is 1. The minimum Gasteiger partial charge on any atom is -0.476 e. The van der Waals surface area contributed by atoms with Gasteiger partial charge < -0.3 is 5.11 Å². The molecule has 0 bridgehead atoms. The number of aromatic nitrogens is 2. The molecule has 0 saturated carbocycles. The van der Waals surface area contributed by atoms with Crippen molar-refractivity contribution in [3.63, 3.8) is 0 Å². The van der Waals surface area contributed by atoms with Crippen LogP contribution in [-0.4, -0.2) is 20.9 Å². The molecule has 23 heavy (non-hydrogen) atoms. The van der Waals surface area contributed by atoms with Gasteiger partial charge in [0.15, 0.2) is 5.69 Å². The van der Waals surface area contributed by atoms with E-state index in [2.05, 4.69) is 5.10 Å². The van der Waals surface area contributed by atoms with Crippen LogP contribution in [0.3, 0.4) is 0 Å². The van der Waals surface area contributed by atoms with Crippen molar-refractivity contribution in [1.82, 2.24) is 9.78 Å². The predicted molar refractivity (Wildman–Crippen MR) is 93.3 cm³/mol. The quantitative estimate of drug-likeness (QED) is 0.690. The molecule has 0 aliphatic carbocycles. The molecular weight excluding hydrogens is 355 g/mol. The summed E-state index contributed by atoms with van der Waals surface area (Å²) in [4.78, 5) is 13.5. The maximum atomic E-state index is 11.5. The highest BCUT2D eigenvalue weighted by Gasteiger charge is 2.23. The van der Waals surface area contributed by atoms with Gasteiger partial charge >= 0.3 is 5.97 Å². The molecule has 7 heteroatoms. The van der Waals surface area contributed by atoms with Gasteiger partial charge in [-0.3, -0.25) is 0 Å². The van der Waals surface area contributed by atoms with Gasteiger partial charge in [0.05, 0.1) is 21.3 Å². The van der Waals surface area contributed by atoms with Crippen LogP contribution >= 0.6 is 34.5 Å². The van der Waals surface area contributed by atoms with Crippen LogP contribution in [0, 0.1) is 13.8 Å². The van der Waals surface area contributed by atoms with Crippen molar-refractivity contribution >= 4 is 40.5 Å². The fraction of sp³-hybridized carbons (Fsp3) is 0.125. The highest BCUT2D eigenvalue weighted by atomic mass is 35.5. The maximum absolute atomic E-state index is 11.5. The van der Waals surface area contributed by atoms with E-state index in [1.807, 2.05) is 19.1 Å². The Hall–Kier alpha value is -1.82. The molecule has 1 N–H and O–H groups in total. The molecule has 2 aromatic heterocycles. The van der Waals surface area contributed by atoms with Gasteiger partial charge in [-0.2, -0.15) is 5.10 Å². The van der Waals surface area contributed by atoms with Gasteiger partial charge in [0, 0.05) is 15.5 Å². The van der Waals surface area contributed by atoms with E-state index in [9.17, 15) is 9.90 Å². The number of aryl methyl sites for hydroxylation is 1. The van der Waals surface area contributed by atoms with Crippen LogP contribution in [0.25, 0.3) is 16.3 Å². The van der Waals surface area contributed by atoms with Crippen LogP contribution in [0.4, 0.5) is 0 Å². The zero-order chi connectivity index (χ0) is 16.7. The molecule has 3 aromatic rings. The van der Waals surface area contributed by atoms with E-state index in [0.29, 0.717) is 21.3 Å². The lowest BCUT2D eigenvalue weighted by Gasteiger charge is -2.09. The third-order valence-corrected chi connectivity index (χ3v) is 4.98. The van der Waals surface area contributed by atoms with Gasteiger partial charge in [-0.15, -0.1) is 11.3 Å². The third kappa shape index (κ3) is 2.87. The van der Waals surface area contributed by atoms with Crippen molar-refractivity contribution in [2.75, 3.05) is 0 Å². The monoisotopic (exact) mass is 366 g/mol. The largest absolute Gasteiger partial charge is 0.476 e. The number of carboxylic acid groups (broad SMARTS) is 1. The molecule has 3 rings (SSSR count). The fourth-order valence-electron chi connectivity index (χ4n) is 2.38. The molecule has 0 amide bonds. The first kappa shape index (κ1) is 16.1. The normalized spacial score (nSPS) is 11.0. The first-order chi connectivity index (χ1) is 10.9. The minimum atomic E-state index is -1.07. The van der Waals surface area contributed by atoms with Crippen LogP contribution in [0.5, 0.6) is 0 Å². The Balaban J connectivity index is 2.31. The summed E-state index contributed by atoms with van der Waals surface area (Å²) in [7, 11) is 0. The highest BCUT2D eigenvalue weighted by Crippen LogP contribution is 2.35. The Kier molecular flexibility index (Phi) is 4.19. The molecule has 0 saturated heterocycles. The molecule has 4 nitrogen and oxygen atoms in total. The van der Waals surface area contributed by atoms with E-state index >= 15 is 0 Å². The third-order valence-electron chi connectivity index (χ3n) is 3.44. The topological polar surface area (TPSA) is 55.1 Å². The van der Waals surface area contributed by atoms with Crippen molar-refractivity contribution in [2.45, 2.75) is 13.8 Å². The zero-order valence-corrected chi connectivity index (χ0v) is 14.6. The van der Waals surface area contributed by atoms with Crippen molar-refractivity contribution in [2.24, 2.45) is 0 Å². The maximum Gasteiger partial charge on any atom is 0.356 e. The average molecular weight is 367 g/mol. The first-order valence-electron chi connectivity index (χ1n) is 6.73. The van der Waals surface area contributed by atoms with Crippen LogP contribution < -0.4 is 0 Å². The first-order valence-corrected chi connectivity index (χ1v) is 8.31. The Morgan fingerprint density at radius 2 is 1.96 bits per heavy atom. The standard InChI is InChI=1S/C16H12Cl2N2O2S/c1-8-3-6-13(23-8)15-9(2)14(16(21)22)19-20(15)12-5-4-10(17)7-11(12)18/h3-7H,1-2H3,(H,21,22). The SMILES string of the molecule is Cc1ccc(-c2c(C)c(C(=O)O)nn2-c2ccc(Cl)cc2Cl)s1. The number of rotatable bonds is 3. The smallest absolute Gasteiger partial charge is 0.356 e. The number of thiophene rings is 1. The summed E-state index contributed by atoms with van der Waals surface area (Å²) in [5, 5.41) is 14.6. The Morgan fingerprint density at radius 3 is 2.52 bits per heavy atom. The number of hydrogen-bond donors (Lipinski definition) is 1. The summed E-state index contributed by atoms with van der Waals surface area (Å²) in [5.41, 5.74) is 1.93. The van der Waals surface area contributed by atoms with Crippen molar-refractivity contribution in [3.8, 4) is 16.3 Å². The lowest BCUT2D eigenvalue weighted by atomic mass is 10.1. The van der Waals surface area contributed by atoms with E-state index in [1.165, 1.54) is 0 Å². The van der Waals surface area contributed by atoms with Gasteiger partial charge in [0.2, 0.25) is 0 Å². The van der Waals surface area contributed by atoms with Crippen LogP contribution in [0.1, 0.15) is 20.9 Å². The number of aromatic carboxylic acids is 1. The minimum absolute atomic E-state index is 0.0112. The van der Waals surface area contributed by atoms with Gasteiger partial charge in [-0.25, -0.2) is 9.48 Å². The Morgan fingerprint density at radius 1 is 1.22 bits per heavy atom. The molecule has 2 heterocycles. The highest BCUT2D eigenvalue weighted by molar-refractivity contribution is 7.15. The van der Waals surface area contributed by atoms with Crippen molar-refractivity contribution in [3.05, 3.63) is 56.5 Å². The Labute approximate surface area is 146 Å². The summed E-state index contributed by atoms with van der Waals surface area (Å²) in [6.45, 7) is 3.75. The second-order valence-corrected chi connectivity index (χ2v) is 7.18.